The molecule has 35 heavy (non-hydrogen) atoms. The number of hydrogen-bond donors (Lipinski definition) is 2. The molecular weight excluding hydrogens is 471 g/mol. The first-order valence-electron chi connectivity index (χ1n) is 11.8. The molecule has 4 aliphatic rings. The highest BCUT2D eigenvalue weighted by Crippen LogP contribution is 2.44. The number of hydrogen-bond acceptors (Lipinski definition) is 6. The minimum Gasteiger partial charge on any atom is -0.443 e. The summed E-state index contributed by atoms with van der Waals surface area (Å²) in [6.45, 7) is 2.01. The third-order valence-corrected chi connectivity index (χ3v) is 8.13. The van der Waals surface area contributed by atoms with Crippen molar-refractivity contribution in [3.05, 3.63) is 47.3 Å². The molecule has 0 spiro atoms. The molecule has 2 aromatic carbocycles. The normalized spacial score (nSPS) is 22.7. The summed E-state index contributed by atoms with van der Waals surface area (Å²) < 4.78 is 20.2. The molecule has 2 atom stereocenters. The van der Waals surface area contributed by atoms with Crippen molar-refractivity contribution in [2.75, 3.05) is 47.0 Å². The van der Waals surface area contributed by atoms with Crippen LogP contribution in [0.15, 0.2) is 35.2 Å². The lowest BCUT2D eigenvalue weighted by Gasteiger charge is -2.25. The van der Waals surface area contributed by atoms with Gasteiger partial charge in [0.15, 0.2) is 0 Å². The Morgan fingerprint density at radius 2 is 2.00 bits per heavy atom. The van der Waals surface area contributed by atoms with Gasteiger partial charge in [0, 0.05) is 41.6 Å². The highest BCUT2D eigenvalue weighted by atomic mass is 32.2. The number of amides is 3. The topological polar surface area (TPSA) is 91.0 Å². The second-order valence-electron chi connectivity index (χ2n) is 9.30. The Labute approximate surface area is 206 Å². The van der Waals surface area contributed by atoms with Crippen LogP contribution in [0.4, 0.5) is 26.2 Å². The summed E-state index contributed by atoms with van der Waals surface area (Å²) in [7, 11) is 0. The molecule has 0 aliphatic carbocycles. The minimum absolute atomic E-state index is 0.0503. The van der Waals surface area contributed by atoms with Crippen LogP contribution in [0.25, 0.3) is 0 Å². The Kier molecular flexibility index (Phi) is 5.64. The SMILES string of the molecule is O=C1CSc2ccc(N3C[C@@H](CNCC[C@@H]4CN5C(=O)CCc6ccc(F)c4c65)OC3=O)cc2N1. The third kappa shape index (κ3) is 4.04. The summed E-state index contributed by atoms with van der Waals surface area (Å²) in [5.74, 6) is 0.107. The first-order chi connectivity index (χ1) is 17.0. The first-order valence-corrected chi connectivity index (χ1v) is 12.8. The largest absolute Gasteiger partial charge is 0.443 e. The van der Waals surface area contributed by atoms with Gasteiger partial charge in [-0.2, -0.15) is 0 Å². The van der Waals surface area contributed by atoms with Crippen LogP contribution >= 0.6 is 11.8 Å². The molecule has 2 aromatic rings. The van der Waals surface area contributed by atoms with Crippen molar-refractivity contribution < 1.29 is 23.5 Å². The van der Waals surface area contributed by atoms with Crippen molar-refractivity contribution >= 4 is 46.7 Å². The molecule has 0 unspecified atom stereocenters. The Balaban J connectivity index is 1.05. The molecule has 0 radical (unpaired) electrons. The van der Waals surface area contributed by atoms with E-state index >= 15 is 0 Å². The molecule has 6 rings (SSSR count). The van der Waals surface area contributed by atoms with Crippen LogP contribution in [-0.2, 0) is 20.7 Å². The van der Waals surface area contributed by atoms with E-state index in [1.54, 1.807) is 21.9 Å². The average Bonchev–Trinajstić information content (AvgIpc) is 3.42. The van der Waals surface area contributed by atoms with Crippen molar-refractivity contribution in [1.29, 1.82) is 0 Å². The maximum Gasteiger partial charge on any atom is 0.414 e. The van der Waals surface area contributed by atoms with Gasteiger partial charge < -0.3 is 20.3 Å². The quantitative estimate of drug-likeness (QED) is 0.597. The Morgan fingerprint density at radius 1 is 1.11 bits per heavy atom. The van der Waals surface area contributed by atoms with Crippen LogP contribution in [0.1, 0.15) is 29.9 Å². The molecule has 1 fully saturated rings. The maximum atomic E-state index is 14.7. The molecule has 2 N–H and O–H groups in total. The smallest absolute Gasteiger partial charge is 0.414 e. The molecule has 0 aromatic heterocycles. The maximum absolute atomic E-state index is 14.7. The molecule has 0 saturated carbocycles. The second kappa shape index (κ2) is 8.83. The van der Waals surface area contributed by atoms with E-state index in [0.717, 1.165) is 16.1 Å². The van der Waals surface area contributed by atoms with Crippen molar-refractivity contribution in [2.24, 2.45) is 0 Å². The van der Waals surface area contributed by atoms with Gasteiger partial charge in [-0.05, 0) is 49.2 Å². The molecule has 182 valence electrons. The van der Waals surface area contributed by atoms with E-state index in [1.165, 1.54) is 17.8 Å². The lowest BCUT2D eigenvalue weighted by atomic mass is 9.93. The molecule has 4 heterocycles. The Hall–Kier alpha value is -3.11. The number of halogens is 1. The highest BCUT2D eigenvalue weighted by Gasteiger charge is 2.38. The number of benzene rings is 2. The van der Waals surface area contributed by atoms with Crippen molar-refractivity contribution in [3.8, 4) is 0 Å². The number of cyclic esters (lactones) is 1. The van der Waals surface area contributed by atoms with Gasteiger partial charge >= 0.3 is 6.09 Å². The molecule has 0 bridgehead atoms. The zero-order valence-corrected chi connectivity index (χ0v) is 19.8. The number of fused-ring (bicyclic) bond motifs is 1. The van der Waals surface area contributed by atoms with Gasteiger partial charge in [0.1, 0.15) is 11.9 Å². The Bertz CT molecular complexity index is 1240. The predicted octanol–water partition coefficient (Wildman–Crippen LogP) is 3.25. The van der Waals surface area contributed by atoms with Crippen molar-refractivity contribution in [3.63, 3.8) is 0 Å². The van der Waals surface area contributed by atoms with Gasteiger partial charge in [-0.1, -0.05) is 6.07 Å². The molecule has 4 aliphatic heterocycles. The van der Waals surface area contributed by atoms with E-state index < -0.39 is 6.09 Å². The lowest BCUT2D eigenvalue weighted by molar-refractivity contribution is -0.118. The summed E-state index contributed by atoms with van der Waals surface area (Å²) in [4.78, 5) is 40.8. The number of nitrogens with zero attached hydrogens (tertiary/aromatic N) is 2. The monoisotopic (exact) mass is 496 g/mol. The fraction of sp³-hybridized carbons (Fsp3) is 0.400. The van der Waals surface area contributed by atoms with E-state index in [2.05, 4.69) is 10.6 Å². The van der Waals surface area contributed by atoms with E-state index in [4.69, 9.17) is 4.74 Å². The highest BCUT2D eigenvalue weighted by molar-refractivity contribution is 8.00. The van der Waals surface area contributed by atoms with Crippen LogP contribution in [0.5, 0.6) is 0 Å². The Morgan fingerprint density at radius 3 is 2.89 bits per heavy atom. The van der Waals surface area contributed by atoms with Crippen LogP contribution in [0.3, 0.4) is 0 Å². The zero-order valence-electron chi connectivity index (χ0n) is 19.0. The van der Waals surface area contributed by atoms with Crippen LogP contribution < -0.4 is 20.4 Å². The van der Waals surface area contributed by atoms with Gasteiger partial charge in [0.05, 0.1) is 23.7 Å². The van der Waals surface area contributed by atoms with E-state index in [1.807, 2.05) is 12.1 Å². The number of aryl methyl sites for hydroxylation is 1. The molecule has 8 nitrogen and oxygen atoms in total. The van der Waals surface area contributed by atoms with Gasteiger partial charge in [0.25, 0.3) is 0 Å². The zero-order chi connectivity index (χ0) is 24.1. The predicted molar refractivity (Wildman–Crippen MR) is 131 cm³/mol. The number of nitrogens with one attached hydrogen (secondary N) is 2. The minimum atomic E-state index is -0.418. The fourth-order valence-electron chi connectivity index (χ4n) is 5.40. The number of rotatable bonds is 6. The van der Waals surface area contributed by atoms with E-state index in [0.29, 0.717) is 68.1 Å². The van der Waals surface area contributed by atoms with Gasteiger partial charge in [0.2, 0.25) is 11.8 Å². The van der Waals surface area contributed by atoms with E-state index in [9.17, 15) is 18.8 Å². The number of anilines is 3. The van der Waals surface area contributed by atoms with Crippen LogP contribution in [-0.4, -0.2) is 55.9 Å². The molecular formula is C25H25FN4O4S. The lowest BCUT2D eigenvalue weighted by Crippen LogP contribution is -2.34. The molecule has 1 saturated heterocycles. The van der Waals surface area contributed by atoms with Gasteiger partial charge in [-0.3, -0.25) is 14.5 Å². The summed E-state index contributed by atoms with van der Waals surface area (Å²) in [6.07, 6.45) is 1.09. The summed E-state index contributed by atoms with van der Waals surface area (Å²) >= 11 is 1.47. The van der Waals surface area contributed by atoms with Crippen LogP contribution in [0, 0.1) is 5.82 Å². The average molecular weight is 497 g/mol. The van der Waals surface area contributed by atoms with Crippen molar-refractivity contribution in [1.82, 2.24) is 5.32 Å². The molecule has 10 heteroatoms. The third-order valence-electron chi connectivity index (χ3n) is 7.06. The summed E-state index contributed by atoms with van der Waals surface area (Å²) in [5, 5.41) is 6.18. The van der Waals surface area contributed by atoms with Crippen molar-refractivity contribution in [2.45, 2.75) is 36.2 Å². The number of ether oxygens (including phenoxy) is 1. The number of carbonyl (C=O) groups excluding carboxylic acids is 3. The first kappa shape index (κ1) is 22.4. The fourth-order valence-corrected chi connectivity index (χ4v) is 6.18. The number of thioether (sulfide) groups is 1. The second-order valence-corrected chi connectivity index (χ2v) is 10.3. The van der Waals surface area contributed by atoms with Crippen LogP contribution in [0.2, 0.25) is 0 Å². The van der Waals surface area contributed by atoms with E-state index in [-0.39, 0.29) is 29.7 Å². The van der Waals surface area contributed by atoms with Gasteiger partial charge in [-0.15, -0.1) is 11.8 Å². The van der Waals surface area contributed by atoms with Gasteiger partial charge in [-0.25, -0.2) is 9.18 Å². The summed E-state index contributed by atoms with van der Waals surface area (Å²) in [6, 6.07) is 8.88. The molecule has 3 amide bonds. The summed E-state index contributed by atoms with van der Waals surface area (Å²) in [5.41, 5.74) is 3.89. The number of carbonyl (C=O) groups is 3. The standard InChI is InChI=1S/C25H25FN4O4S/c26-18-4-1-14-2-6-22(32)30-11-15(23(18)24(14)30)7-8-27-10-17-12-29(25(33)34-17)16-3-5-20-19(9-16)28-21(31)13-35-20/h1,3-5,9,15,17,27H,2,6-8,10-13H2,(H,28,31)/t15-,17-/m1/s1.